The highest BCUT2D eigenvalue weighted by Gasteiger charge is 2.36. The maximum absolute atomic E-state index is 13.4. The lowest BCUT2D eigenvalue weighted by Gasteiger charge is -2.23. The first-order chi connectivity index (χ1) is 20.9. The average molecular weight is 625 g/mol. The fourth-order valence-corrected chi connectivity index (χ4v) is 6.29. The molecule has 1 amide bonds. The average Bonchev–Trinajstić information content (AvgIpc) is 3.52. The summed E-state index contributed by atoms with van der Waals surface area (Å²) >= 11 is 0. The lowest BCUT2D eigenvalue weighted by atomic mass is 10.1. The van der Waals surface area contributed by atoms with E-state index in [1.54, 1.807) is 18.2 Å². The van der Waals surface area contributed by atoms with E-state index in [0.29, 0.717) is 22.6 Å². The second-order valence-electron chi connectivity index (χ2n) is 10.2. The van der Waals surface area contributed by atoms with E-state index in [9.17, 15) is 30.8 Å². The highest BCUT2D eigenvalue weighted by atomic mass is 32.2. The normalized spacial score (nSPS) is 16.1. The third kappa shape index (κ3) is 6.98. The van der Waals surface area contributed by atoms with Crippen LogP contribution in [0.5, 0.6) is 0 Å². The molecule has 3 aromatic carbocycles. The van der Waals surface area contributed by atoms with Crippen molar-refractivity contribution >= 4 is 21.7 Å². The van der Waals surface area contributed by atoms with Crippen molar-refractivity contribution in [3.8, 4) is 11.3 Å². The van der Waals surface area contributed by atoms with E-state index in [2.05, 4.69) is 15.6 Å². The molecule has 2 N–H and O–H groups in total. The number of alkyl halides is 3. The van der Waals surface area contributed by atoms with Crippen LogP contribution in [0.15, 0.2) is 108 Å². The molecule has 0 saturated carbocycles. The minimum atomic E-state index is -4.48. The van der Waals surface area contributed by atoms with Gasteiger partial charge in [0.2, 0.25) is 15.9 Å². The van der Waals surface area contributed by atoms with Gasteiger partial charge in [-0.15, -0.1) is 0 Å². The topological polar surface area (TPSA) is 91.4 Å². The molecule has 5 rings (SSSR count). The van der Waals surface area contributed by atoms with Crippen molar-refractivity contribution in [1.29, 1.82) is 0 Å². The molecule has 228 valence electrons. The lowest BCUT2D eigenvalue weighted by molar-refractivity contribution is -0.137. The number of carbonyl (C=O) groups is 1. The van der Waals surface area contributed by atoms with Crippen LogP contribution in [0.2, 0.25) is 0 Å². The molecule has 0 fully saturated rings. The van der Waals surface area contributed by atoms with E-state index in [-0.39, 0.29) is 24.0 Å². The SMILES string of the molecule is CC(Nc1cc(CNC(=O)C2C=CCN2S(=O)(=O)c2ccc(F)cc2)cc(-c2ccc(C(F)(F)F)cc2)n1)c1ccccc1. The fourth-order valence-electron chi connectivity index (χ4n) is 4.79. The van der Waals surface area contributed by atoms with Crippen LogP contribution in [0.1, 0.15) is 29.7 Å². The maximum Gasteiger partial charge on any atom is 0.416 e. The highest BCUT2D eigenvalue weighted by Crippen LogP contribution is 2.31. The van der Waals surface area contributed by atoms with Gasteiger partial charge in [-0.2, -0.15) is 17.5 Å². The molecule has 44 heavy (non-hydrogen) atoms. The van der Waals surface area contributed by atoms with Gasteiger partial charge < -0.3 is 10.6 Å². The van der Waals surface area contributed by atoms with Gasteiger partial charge in [0.1, 0.15) is 17.7 Å². The Hall–Kier alpha value is -4.55. The Labute approximate surface area is 252 Å². The molecule has 0 bridgehead atoms. The van der Waals surface area contributed by atoms with Crippen LogP contribution in [0.25, 0.3) is 11.3 Å². The molecule has 0 radical (unpaired) electrons. The number of nitrogens with zero attached hydrogens (tertiary/aromatic N) is 2. The molecule has 4 aromatic rings. The van der Waals surface area contributed by atoms with Crippen LogP contribution in [0.4, 0.5) is 23.4 Å². The summed E-state index contributed by atoms with van der Waals surface area (Å²) in [6.07, 6.45) is -1.44. The van der Waals surface area contributed by atoms with Gasteiger partial charge in [0.05, 0.1) is 16.2 Å². The van der Waals surface area contributed by atoms with Gasteiger partial charge in [0, 0.05) is 24.7 Å². The number of sulfonamides is 1. The van der Waals surface area contributed by atoms with Crippen molar-refractivity contribution in [1.82, 2.24) is 14.6 Å². The molecular weight excluding hydrogens is 596 g/mol. The molecule has 7 nitrogen and oxygen atoms in total. The summed E-state index contributed by atoms with van der Waals surface area (Å²) in [5.74, 6) is -0.730. The van der Waals surface area contributed by atoms with Gasteiger partial charge in [-0.1, -0.05) is 54.6 Å². The third-order valence-electron chi connectivity index (χ3n) is 7.13. The molecule has 0 spiro atoms. The largest absolute Gasteiger partial charge is 0.416 e. The summed E-state index contributed by atoms with van der Waals surface area (Å²) in [5, 5.41) is 6.07. The van der Waals surface area contributed by atoms with Crippen molar-refractivity contribution in [2.24, 2.45) is 0 Å². The Bertz CT molecular complexity index is 1760. The first-order valence-corrected chi connectivity index (χ1v) is 15.1. The number of carbonyl (C=O) groups excluding carboxylic acids is 1. The van der Waals surface area contributed by atoms with E-state index in [0.717, 1.165) is 46.3 Å². The number of benzene rings is 3. The smallest absolute Gasteiger partial charge is 0.364 e. The number of rotatable bonds is 9. The maximum atomic E-state index is 13.4. The van der Waals surface area contributed by atoms with Crippen LogP contribution >= 0.6 is 0 Å². The van der Waals surface area contributed by atoms with E-state index in [4.69, 9.17) is 0 Å². The summed E-state index contributed by atoms with van der Waals surface area (Å²) < 4.78 is 80.2. The second-order valence-corrected chi connectivity index (χ2v) is 12.1. The van der Waals surface area contributed by atoms with Crippen molar-refractivity contribution in [2.75, 3.05) is 11.9 Å². The van der Waals surface area contributed by atoms with Gasteiger partial charge in [0.15, 0.2) is 0 Å². The number of anilines is 1. The lowest BCUT2D eigenvalue weighted by Crippen LogP contribution is -2.45. The van der Waals surface area contributed by atoms with Crippen molar-refractivity contribution in [2.45, 2.75) is 36.6 Å². The molecule has 1 aromatic heterocycles. The molecule has 1 aliphatic rings. The van der Waals surface area contributed by atoms with Gasteiger partial charge in [-0.3, -0.25) is 4.79 Å². The van der Waals surface area contributed by atoms with Crippen LogP contribution in [0.3, 0.4) is 0 Å². The van der Waals surface area contributed by atoms with E-state index in [1.165, 1.54) is 18.2 Å². The molecule has 2 atom stereocenters. The highest BCUT2D eigenvalue weighted by molar-refractivity contribution is 7.89. The number of hydrogen-bond acceptors (Lipinski definition) is 5. The predicted octanol–water partition coefficient (Wildman–Crippen LogP) is 6.33. The fraction of sp³-hybridized carbons (Fsp3) is 0.188. The Balaban J connectivity index is 1.38. The monoisotopic (exact) mass is 624 g/mol. The zero-order chi connectivity index (χ0) is 31.5. The molecule has 1 aliphatic heterocycles. The van der Waals surface area contributed by atoms with E-state index in [1.807, 2.05) is 37.3 Å². The van der Waals surface area contributed by atoms with Gasteiger partial charge >= 0.3 is 6.18 Å². The first-order valence-electron chi connectivity index (χ1n) is 13.6. The zero-order valence-electron chi connectivity index (χ0n) is 23.4. The van der Waals surface area contributed by atoms with E-state index >= 15 is 0 Å². The Morgan fingerprint density at radius 3 is 2.34 bits per heavy atom. The summed E-state index contributed by atoms with van der Waals surface area (Å²) in [6, 6.07) is 20.6. The first kappa shape index (κ1) is 30.9. The predicted molar refractivity (Wildman–Crippen MR) is 158 cm³/mol. The van der Waals surface area contributed by atoms with Crippen molar-refractivity contribution in [3.63, 3.8) is 0 Å². The summed E-state index contributed by atoms with van der Waals surface area (Å²) in [6.45, 7) is 1.89. The molecule has 2 heterocycles. The summed E-state index contributed by atoms with van der Waals surface area (Å²) in [4.78, 5) is 17.7. The molecular formula is C32H28F4N4O3S. The number of aromatic nitrogens is 1. The number of halogens is 4. The number of amides is 1. The molecule has 12 heteroatoms. The minimum absolute atomic E-state index is 0.0157. The quantitative estimate of drug-likeness (QED) is 0.168. The Morgan fingerprint density at radius 2 is 1.68 bits per heavy atom. The van der Waals surface area contributed by atoms with Crippen LogP contribution in [-0.4, -0.2) is 36.2 Å². The molecule has 2 unspecified atom stereocenters. The van der Waals surface area contributed by atoms with Crippen LogP contribution < -0.4 is 10.6 Å². The number of pyridine rings is 1. The Kier molecular flexibility index (Phi) is 8.84. The number of hydrogen-bond donors (Lipinski definition) is 2. The zero-order valence-corrected chi connectivity index (χ0v) is 24.2. The molecule has 0 saturated heterocycles. The summed E-state index contributed by atoms with van der Waals surface area (Å²) in [5.41, 5.74) is 1.61. The van der Waals surface area contributed by atoms with Crippen LogP contribution in [0, 0.1) is 5.82 Å². The Morgan fingerprint density at radius 1 is 1.00 bits per heavy atom. The van der Waals surface area contributed by atoms with Gasteiger partial charge in [0.25, 0.3) is 0 Å². The third-order valence-corrected chi connectivity index (χ3v) is 8.99. The van der Waals surface area contributed by atoms with Gasteiger partial charge in [-0.25, -0.2) is 17.8 Å². The van der Waals surface area contributed by atoms with Crippen LogP contribution in [-0.2, 0) is 27.5 Å². The molecule has 0 aliphatic carbocycles. The second kappa shape index (κ2) is 12.6. The van der Waals surface area contributed by atoms with Crippen molar-refractivity contribution < 1.29 is 30.8 Å². The minimum Gasteiger partial charge on any atom is -0.364 e. The standard InChI is InChI=1S/C32H28F4N4O3S/c1-21(23-6-3-2-4-7-23)38-30-19-22(18-28(39-30)24-9-11-25(12-10-24)32(34,35)36)20-37-31(41)29-8-5-17-40(29)44(42,43)27-15-13-26(33)14-16-27/h2-16,18-19,21,29H,17,20H2,1H3,(H,37,41)(H,38,39). The van der Waals surface area contributed by atoms with E-state index < -0.39 is 39.5 Å². The number of nitrogens with one attached hydrogen (secondary N) is 2. The summed E-state index contributed by atoms with van der Waals surface area (Å²) in [7, 11) is -4.09. The van der Waals surface area contributed by atoms with Crippen molar-refractivity contribution in [3.05, 3.63) is 126 Å². The van der Waals surface area contributed by atoms with Gasteiger partial charge in [-0.05, 0) is 66.6 Å².